The van der Waals surface area contributed by atoms with Crippen molar-refractivity contribution in [2.75, 3.05) is 46.4 Å². The number of nitrogens with one attached hydrogen (secondary N) is 2. The molecule has 0 spiro atoms. The number of methoxy groups -OCH3 is 1. The van der Waals surface area contributed by atoms with E-state index < -0.39 is 0 Å². The maximum atomic E-state index is 12.3. The molecular formula is C24H32N4O3. The Morgan fingerprint density at radius 2 is 1.97 bits per heavy atom. The summed E-state index contributed by atoms with van der Waals surface area (Å²) in [6, 6.07) is 15.4. The van der Waals surface area contributed by atoms with Crippen LogP contribution in [-0.4, -0.2) is 63.2 Å². The number of ether oxygens (including phenoxy) is 2. The normalized spacial score (nSPS) is 16.7. The molecule has 0 saturated carbocycles. The van der Waals surface area contributed by atoms with Gasteiger partial charge in [0.2, 0.25) is 0 Å². The Morgan fingerprint density at radius 3 is 2.68 bits per heavy atom. The van der Waals surface area contributed by atoms with Crippen LogP contribution in [0.25, 0.3) is 0 Å². The molecule has 166 valence electrons. The molecule has 1 aliphatic heterocycles. The molecular weight excluding hydrogens is 392 g/mol. The van der Waals surface area contributed by atoms with Gasteiger partial charge in [-0.15, -0.1) is 0 Å². The van der Waals surface area contributed by atoms with Crippen LogP contribution in [0.15, 0.2) is 53.5 Å². The Labute approximate surface area is 184 Å². The number of aryl methyl sites for hydroxylation is 1. The summed E-state index contributed by atoms with van der Waals surface area (Å²) in [6.45, 7) is 8.09. The third kappa shape index (κ3) is 6.21. The van der Waals surface area contributed by atoms with Crippen molar-refractivity contribution in [3.8, 4) is 5.75 Å². The molecule has 1 saturated heterocycles. The first-order valence-electron chi connectivity index (χ1n) is 10.7. The minimum atomic E-state index is -0.117. The molecule has 0 aliphatic carbocycles. The highest BCUT2D eigenvalue weighted by Gasteiger charge is 2.25. The number of guanidine groups is 1. The summed E-state index contributed by atoms with van der Waals surface area (Å²) in [6.07, 6.45) is 0.0218. The molecule has 7 heteroatoms. The third-order valence-electron chi connectivity index (χ3n) is 5.25. The first-order chi connectivity index (χ1) is 15.1. The van der Waals surface area contributed by atoms with Gasteiger partial charge >= 0.3 is 0 Å². The Kier molecular flexibility index (Phi) is 8.29. The molecule has 0 aromatic heterocycles. The highest BCUT2D eigenvalue weighted by atomic mass is 16.5. The van der Waals surface area contributed by atoms with Crippen molar-refractivity contribution in [1.82, 2.24) is 15.5 Å². The average Bonchev–Trinajstić information content (AvgIpc) is 2.81. The van der Waals surface area contributed by atoms with Crippen LogP contribution in [0.3, 0.4) is 0 Å². The van der Waals surface area contributed by atoms with Crippen LogP contribution in [0, 0.1) is 6.92 Å². The molecule has 31 heavy (non-hydrogen) atoms. The Bertz CT molecular complexity index is 883. The van der Waals surface area contributed by atoms with E-state index in [9.17, 15) is 4.79 Å². The Morgan fingerprint density at radius 1 is 1.19 bits per heavy atom. The van der Waals surface area contributed by atoms with Crippen LogP contribution in [0.5, 0.6) is 5.75 Å². The lowest BCUT2D eigenvalue weighted by Gasteiger charge is -2.35. The Balaban J connectivity index is 1.56. The van der Waals surface area contributed by atoms with E-state index in [1.54, 1.807) is 31.4 Å². The van der Waals surface area contributed by atoms with Gasteiger partial charge in [-0.2, -0.15) is 0 Å². The number of carbonyl (C=O) groups excluding carboxylic acids is 1. The molecule has 2 N–H and O–H groups in total. The van der Waals surface area contributed by atoms with E-state index in [4.69, 9.17) is 14.5 Å². The molecule has 1 unspecified atom stereocenters. The topological polar surface area (TPSA) is 75.2 Å². The van der Waals surface area contributed by atoms with Gasteiger partial charge in [-0.3, -0.25) is 9.79 Å². The standard InChI is InChI=1S/C24H32N4O3/c1-4-25-24(27-14-13-26-23(29)19-9-11-20(30-3)12-10-19)28-15-16-31-22(17-28)21-8-6-5-7-18(21)2/h5-12,22H,4,13-17H2,1-3H3,(H,25,27)(H,26,29). The van der Waals surface area contributed by atoms with Gasteiger partial charge in [0.15, 0.2) is 5.96 Å². The SMILES string of the molecule is CCNC(=NCCNC(=O)c1ccc(OC)cc1)N1CCOC(c2ccccc2C)C1. The fraction of sp³-hybridized carbons (Fsp3) is 0.417. The van der Waals surface area contributed by atoms with Crippen LogP contribution < -0.4 is 15.4 Å². The number of carbonyl (C=O) groups is 1. The zero-order chi connectivity index (χ0) is 22.1. The molecule has 1 atom stereocenters. The first kappa shape index (κ1) is 22.6. The quantitative estimate of drug-likeness (QED) is 0.406. The first-order valence-corrected chi connectivity index (χ1v) is 10.7. The lowest BCUT2D eigenvalue weighted by molar-refractivity contribution is -0.00832. The van der Waals surface area contributed by atoms with Gasteiger partial charge in [-0.05, 0) is 49.2 Å². The molecule has 3 rings (SSSR count). The molecule has 1 amide bonds. The number of amides is 1. The third-order valence-corrected chi connectivity index (χ3v) is 5.25. The number of morpholine rings is 1. The van der Waals surface area contributed by atoms with Gasteiger partial charge in [-0.25, -0.2) is 0 Å². The maximum Gasteiger partial charge on any atom is 0.251 e. The number of rotatable bonds is 7. The number of hydrogen-bond acceptors (Lipinski definition) is 4. The summed E-state index contributed by atoms with van der Waals surface area (Å²) in [7, 11) is 1.60. The predicted octanol–water partition coefficient (Wildman–Crippen LogP) is 2.77. The number of aliphatic imine (C=N–C) groups is 1. The molecule has 7 nitrogen and oxygen atoms in total. The zero-order valence-corrected chi connectivity index (χ0v) is 18.6. The van der Waals surface area contributed by atoms with E-state index >= 15 is 0 Å². The second kappa shape index (κ2) is 11.4. The lowest BCUT2D eigenvalue weighted by Crippen LogP contribution is -2.48. The van der Waals surface area contributed by atoms with Gasteiger partial charge < -0.3 is 25.0 Å². The molecule has 2 aromatic carbocycles. The van der Waals surface area contributed by atoms with E-state index in [0.717, 1.165) is 31.3 Å². The summed E-state index contributed by atoms with van der Waals surface area (Å²) >= 11 is 0. The lowest BCUT2D eigenvalue weighted by atomic mass is 10.0. The number of benzene rings is 2. The van der Waals surface area contributed by atoms with Crippen LogP contribution in [-0.2, 0) is 4.74 Å². The van der Waals surface area contributed by atoms with Crippen molar-refractivity contribution in [2.45, 2.75) is 20.0 Å². The van der Waals surface area contributed by atoms with Crippen LogP contribution in [0.4, 0.5) is 0 Å². The average molecular weight is 425 g/mol. The van der Waals surface area contributed by atoms with Gasteiger partial charge in [0, 0.05) is 25.2 Å². The fourth-order valence-corrected chi connectivity index (χ4v) is 3.58. The summed E-state index contributed by atoms with van der Waals surface area (Å²) in [4.78, 5) is 19.3. The molecule has 0 bridgehead atoms. The smallest absolute Gasteiger partial charge is 0.251 e. The van der Waals surface area contributed by atoms with Crippen LogP contribution in [0.2, 0.25) is 0 Å². The van der Waals surface area contributed by atoms with Crippen molar-refractivity contribution in [3.63, 3.8) is 0 Å². The molecule has 1 aliphatic rings. The predicted molar refractivity (Wildman–Crippen MR) is 123 cm³/mol. The van der Waals surface area contributed by atoms with Crippen molar-refractivity contribution >= 4 is 11.9 Å². The summed E-state index contributed by atoms with van der Waals surface area (Å²) in [5.74, 6) is 1.46. The molecule has 1 heterocycles. The summed E-state index contributed by atoms with van der Waals surface area (Å²) in [5, 5.41) is 6.29. The number of nitrogens with zero attached hydrogens (tertiary/aromatic N) is 2. The highest BCUT2D eigenvalue weighted by molar-refractivity contribution is 5.94. The summed E-state index contributed by atoms with van der Waals surface area (Å²) < 4.78 is 11.2. The van der Waals surface area contributed by atoms with Crippen molar-refractivity contribution in [3.05, 3.63) is 65.2 Å². The van der Waals surface area contributed by atoms with Gasteiger partial charge in [0.25, 0.3) is 5.91 Å². The summed E-state index contributed by atoms with van der Waals surface area (Å²) in [5.41, 5.74) is 3.05. The van der Waals surface area contributed by atoms with E-state index in [1.807, 2.05) is 6.07 Å². The molecule has 0 radical (unpaired) electrons. The van der Waals surface area contributed by atoms with Gasteiger partial charge in [0.1, 0.15) is 11.9 Å². The van der Waals surface area contributed by atoms with Crippen molar-refractivity contribution in [1.29, 1.82) is 0 Å². The monoisotopic (exact) mass is 424 g/mol. The van der Waals surface area contributed by atoms with E-state index in [1.165, 1.54) is 11.1 Å². The van der Waals surface area contributed by atoms with Crippen LogP contribution >= 0.6 is 0 Å². The molecule has 2 aromatic rings. The molecule has 1 fully saturated rings. The van der Waals surface area contributed by atoms with Crippen LogP contribution in [0.1, 0.15) is 34.5 Å². The van der Waals surface area contributed by atoms with E-state index in [2.05, 4.69) is 47.6 Å². The number of hydrogen-bond donors (Lipinski definition) is 2. The fourth-order valence-electron chi connectivity index (χ4n) is 3.58. The minimum absolute atomic E-state index is 0.0218. The van der Waals surface area contributed by atoms with Gasteiger partial charge in [0.05, 0.1) is 26.8 Å². The van der Waals surface area contributed by atoms with Crippen molar-refractivity contribution in [2.24, 2.45) is 4.99 Å². The van der Waals surface area contributed by atoms with E-state index in [0.29, 0.717) is 25.3 Å². The van der Waals surface area contributed by atoms with Gasteiger partial charge in [-0.1, -0.05) is 24.3 Å². The Hall–Kier alpha value is -3.06. The maximum absolute atomic E-state index is 12.3. The highest BCUT2D eigenvalue weighted by Crippen LogP contribution is 2.25. The second-order valence-corrected chi connectivity index (χ2v) is 7.38. The second-order valence-electron chi connectivity index (χ2n) is 7.38. The largest absolute Gasteiger partial charge is 0.497 e. The zero-order valence-electron chi connectivity index (χ0n) is 18.6. The van der Waals surface area contributed by atoms with Crippen molar-refractivity contribution < 1.29 is 14.3 Å². The minimum Gasteiger partial charge on any atom is -0.497 e. The van der Waals surface area contributed by atoms with E-state index in [-0.39, 0.29) is 12.0 Å².